The lowest BCUT2D eigenvalue weighted by molar-refractivity contribution is 0.128. The maximum Gasteiger partial charge on any atom is 0.158 e. The molecule has 0 aliphatic rings. The number of anilines is 2. The van der Waals surface area contributed by atoms with Gasteiger partial charge >= 0.3 is 0 Å². The highest BCUT2D eigenvalue weighted by atomic mass is 16.5. The smallest absolute Gasteiger partial charge is 0.158 e. The van der Waals surface area contributed by atoms with Crippen LogP contribution in [0.15, 0.2) is 6.07 Å². The first-order valence-electron chi connectivity index (χ1n) is 6.17. The lowest BCUT2D eigenvalue weighted by Gasteiger charge is -2.27. The zero-order chi connectivity index (χ0) is 13.5. The van der Waals surface area contributed by atoms with Gasteiger partial charge in [0.25, 0.3) is 0 Å². The summed E-state index contributed by atoms with van der Waals surface area (Å²) in [5.74, 6) is 1.70. The number of rotatable bonds is 7. The Bertz CT molecular complexity index is 371. The molecule has 0 aliphatic carbocycles. The van der Waals surface area contributed by atoms with Crippen molar-refractivity contribution in [3.63, 3.8) is 0 Å². The van der Waals surface area contributed by atoms with Crippen LogP contribution in [-0.2, 0) is 11.3 Å². The molecular formula is C12H22N4O2. The molecule has 0 unspecified atom stereocenters. The molecule has 0 amide bonds. The SMILES string of the molecule is CCOCc1nc(N)cc(N(CCO)C(C)C)n1. The van der Waals surface area contributed by atoms with Crippen LogP contribution in [0.25, 0.3) is 0 Å². The van der Waals surface area contributed by atoms with E-state index in [1.165, 1.54) is 0 Å². The molecule has 0 radical (unpaired) electrons. The fourth-order valence-corrected chi connectivity index (χ4v) is 1.65. The third kappa shape index (κ3) is 4.12. The van der Waals surface area contributed by atoms with E-state index >= 15 is 0 Å². The molecule has 0 saturated heterocycles. The number of nitrogen functional groups attached to an aromatic ring is 1. The summed E-state index contributed by atoms with van der Waals surface area (Å²) >= 11 is 0. The van der Waals surface area contributed by atoms with Crippen LogP contribution in [0.4, 0.5) is 11.6 Å². The molecule has 0 spiro atoms. The van der Waals surface area contributed by atoms with Crippen LogP contribution in [0.2, 0.25) is 0 Å². The summed E-state index contributed by atoms with van der Waals surface area (Å²) in [6, 6.07) is 1.94. The minimum atomic E-state index is 0.0723. The van der Waals surface area contributed by atoms with E-state index in [1.807, 2.05) is 25.7 Å². The Morgan fingerprint density at radius 3 is 2.72 bits per heavy atom. The maximum atomic E-state index is 9.09. The van der Waals surface area contributed by atoms with Crippen molar-refractivity contribution in [3.8, 4) is 0 Å². The topological polar surface area (TPSA) is 84.5 Å². The average Bonchev–Trinajstić information content (AvgIpc) is 2.32. The quantitative estimate of drug-likeness (QED) is 0.749. The Balaban J connectivity index is 2.95. The largest absolute Gasteiger partial charge is 0.395 e. The van der Waals surface area contributed by atoms with Crippen LogP contribution >= 0.6 is 0 Å². The van der Waals surface area contributed by atoms with Gasteiger partial charge in [-0.15, -0.1) is 0 Å². The van der Waals surface area contributed by atoms with Crippen molar-refractivity contribution in [2.24, 2.45) is 0 Å². The van der Waals surface area contributed by atoms with Gasteiger partial charge in [0.1, 0.15) is 18.2 Å². The van der Waals surface area contributed by atoms with Gasteiger partial charge < -0.3 is 20.5 Å². The molecule has 3 N–H and O–H groups in total. The molecule has 1 heterocycles. The summed E-state index contributed by atoms with van der Waals surface area (Å²) < 4.78 is 5.28. The third-order valence-corrected chi connectivity index (χ3v) is 2.47. The molecule has 102 valence electrons. The number of ether oxygens (including phenoxy) is 1. The zero-order valence-electron chi connectivity index (χ0n) is 11.3. The first kappa shape index (κ1) is 14.7. The highest BCUT2D eigenvalue weighted by Crippen LogP contribution is 2.16. The van der Waals surface area contributed by atoms with Crippen LogP contribution < -0.4 is 10.6 Å². The number of hydrogen-bond donors (Lipinski definition) is 2. The molecule has 1 rings (SSSR count). The fraction of sp³-hybridized carbons (Fsp3) is 0.667. The Hall–Kier alpha value is -1.40. The number of aliphatic hydroxyl groups is 1. The van der Waals surface area contributed by atoms with Gasteiger partial charge in [0, 0.05) is 25.3 Å². The minimum absolute atomic E-state index is 0.0723. The molecule has 0 saturated carbocycles. The lowest BCUT2D eigenvalue weighted by atomic mass is 10.3. The highest BCUT2D eigenvalue weighted by Gasteiger charge is 2.13. The van der Waals surface area contributed by atoms with Crippen molar-refractivity contribution in [1.82, 2.24) is 9.97 Å². The molecule has 0 atom stereocenters. The molecule has 0 aliphatic heterocycles. The summed E-state index contributed by atoms with van der Waals surface area (Å²) in [6.07, 6.45) is 0. The monoisotopic (exact) mass is 254 g/mol. The van der Waals surface area contributed by atoms with Gasteiger partial charge in [-0.2, -0.15) is 0 Å². The summed E-state index contributed by atoms with van der Waals surface area (Å²) in [6.45, 7) is 7.54. The van der Waals surface area contributed by atoms with Crippen LogP contribution in [-0.4, -0.2) is 40.9 Å². The predicted molar refractivity (Wildman–Crippen MR) is 71.3 cm³/mol. The van der Waals surface area contributed by atoms with E-state index in [4.69, 9.17) is 15.6 Å². The summed E-state index contributed by atoms with van der Waals surface area (Å²) in [7, 11) is 0. The van der Waals surface area contributed by atoms with E-state index < -0.39 is 0 Å². The van der Waals surface area contributed by atoms with E-state index in [1.54, 1.807) is 6.07 Å². The van der Waals surface area contributed by atoms with E-state index in [2.05, 4.69) is 9.97 Å². The van der Waals surface area contributed by atoms with Crippen LogP contribution in [0.3, 0.4) is 0 Å². The number of aliphatic hydroxyl groups excluding tert-OH is 1. The molecule has 6 heteroatoms. The standard InChI is InChI=1S/C12H22N4O2/c1-4-18-8-11-14-10(13)7-12(15-11)16(5-6-17)9(2)3/h7,9,17H,4-6,8H2,1-3H3,(H2,13,14,15). The zero-order valence-corrected chi connectivity index (χ0v) is 11.3. The van der Waals surface area contributed by atoms with Gasteiger partial charge in [-0.1, -0.05) is 0 Å². The van der Waals surface area contributed by atoms with E-state index in [9.17, 15) is 0 Å². The predicted octanol–water partition coefficient (Wildman–Crippen LogP) is 0.802. The first-order chi connectivity index (χ1) is 8.58. The second-order valence-corrected chi connectivity index (χ2v) is 4.22. The van der Waals surface area contributed by atoms with Crippen molar-refractivity contribution in [2.45, 2.75) is 33.4 Å². The molecule has 0 aromatic carbocycles. The van der Waals surface area contributed by atoms with Gasteiger partial charge in [0.2, 0.25) is 0 Å². The molecular weight excluding hydrogens is 232 g/mol. The Morgan fingerprint density at radius 1 is 1.44 bits per heavy atom. The number of hydrogen-bond acceptors (Lipinski definition) is 6. The molecule has 0 fully saturated rings. The number of nitrogens with two attached hydrogens (primary N) is 1. The average molecular weight is 254 g/mol. The summed E-state index contributed by atoms with van der Waals surface area (Å²) in [5, 5.41) is 9.09. The molecule has 6 nitrogen and oxygen atoms in total. The lowest BCUT2D eigenvalue weighted by Crippen LogP contribution is -2.34. The van der Waals surface area contributed by atoms with Crippen LogP contribution in [0.1, 0.15) is 26.6 Å². The van der Waals surface area contributed by atoms with Gasteiger partial charge in [-0.05, 0) is 20.8 Å². The van der Waals surface area contributed by atoms with Gasteiger partial charge in [0.05, 0.1) is 6.61 Å². The first-order valence-corrected chi connectivity index (χ1v) is 6.17. The van der Waals surface area contributed by atoms with Gasteiger partial charge in [-0.25, -0.2) is 9.97 Å². The Kier molecular flexibility index (Phi) is 5.80. The van der Waals surface area contributed by atoms with Gasteiger partial charge in [0.15, 0.2) is 5.82 Å². The number of nitrogens with zero attached hydrogens (tertiary/aromatic N) is 3. The fourth-order valence-electron chi connectivity index (χ4n) is 1.65. The van der Waals surface area contributed by atoms with Crippen molar-refractivity contribution in [2.75, 3.05) is 30.4 Å². The third-order valence-electron chi connectivity index (χ3n) is 2.47. The summed E-state index contributed by atoms with van der Waals surface area (Å²) in [5.41, 5.74) is 5.77. The minimum Gasteiger partial charge on any atom is -0.395 e. The molecule has 1 aromatic heterocycles. The van der Waals surface area contributed by atoms with E-state index in [-0.39, 0.29) is 12.6 Å². The number of aromatic nitrogens is 2. The van der Waals surface area contributed by atoms with Crippen molar-refractivity contribution in [1.29, 1.82) is 0 Å². The normalized spacial score (nSPS) is 10.9. The van der Waals surface area contributed by atoms with Crippen molar-refractivity contribution >= 4 is 11.6 Å². The van der Waals surface area contributed by atoms with E-state index in [0.717, 1.165) is 5.82 Å². The van der Waals surface area contributed by atoms with Crippen LogP contribution in [0.5, 0.6) is 0 Å². The van der Waals surface area contributed by atoms with Crippen molar-refractivity contribution < 1.29 is 9.84 Å². The second kappa shape index (κ2) is 7.13. The molecule has 1 aromatic rings. The molecule has 0 bridgehead atoms. The summed E-state index contributed by atoms with van der Waals surface area (Å²) in [4.78, 5) is 10.5. The van der Waals surface area contributed by atoms with Crippen molar-refractivity contribution in [3.05, 3.63) is 11.9 Å². The molecule has 18 heavy (non-hydrogen) atoms. The van der Waals surface area contributed by atoms with Crippen LogP contribution in [0, 0.1) is 0 Å². The van der Waals surface area contributed by atoms with E-state index in [0.29, 0.717) is 31.4 Å². The van der Waals surface area contributed by atoms with Gasteiger partial charge in [-0.3, -0.25) is 0 Å². The Labute approximate surface area is 108 Å². The second-order valence-electron chi connectivity index (χ2n) is 4.22. The Morgan fingerprint density at radius 2 is 2.17 bits per heavy atom. The maximum absolute atomic E-state index is 9.09. The highest BCUT2D eigenvalue weighted by molar-refractivity contribution is 5.47.